The highest BCUT2D eigenvalue weighted by Crippen LogP contribution is 2.33. The van der Waals surface area contributed by atoms with Crippen molar-refractivity contribution in [1.29, 1.82) is 0 Å². The molecule has 1 amide bonds. The lowest BCUT2D eigenvalue weighted by molar-refractivity contribution is 0.0984. The van der Waals surface area contributed by atoms with E-state index in [2.05, 4.69) is 27.0 Å². The number of anilines is 2. The number of nitrogens with zero attached hydrogens (tertiary/aromatic N) is 5. The van der Waals surface area contributed by atoms with Gasteiger partial charge in [0.25, 0.3) is 5.91 Å². The molecule has 0 unspecified atom stereocenters. The molecule has 2 aliphatic rings. The quantitative estimate of drug-likeness (QED) is 0.700. The van der Waals surface area contributed by atoms with E-state index < -0.39 is 0 Å². The van der Waals surface area contributed by atoms with Gasteiger partial charge in [0.15, 0.2) is 0 Å². The van der Waals surface area contributed by atoms with Gasteiger partial charge in [-0.15, -0.1) is 11.3 Å². The van der Waals surface area contributed by atoms with Gasteiger partial charge in [-0.3, -0.25) is 9.78 Å². The second kappa shape index (κ2) is 6.74. The molecule has 0 aromatic carbocycles. The van der Waals surface area contributed by atoms with Crippen LogP contribution in [0.4, 0.5) is 11.5 Å². The molecule has 0 spiro atoms. The van der Waals surface area contributed by atoms with E-state index in [-0.39, 0.29) is 5.91 Å². The zero-order valence-corrected chi connectivity index (χ0v) is 15.7. The van der Waals surface area contributed by atoms with Crippen molar-refractivity contribution in [3.8, 4) is 10.6 Å². The van der Waals surface area contributed by atoms with E-state index in [0.717, 1.165) is 52.2 Å². The molecule has 3 aromatic heterocycles. The lowest BCUT2D eigenvalue weighted by atomic mass is 10.1. The molecule has 1 fully saturated rings. The number of amides is 1. The zero-order chi connectivity index (χ0) is 18.2. The summed E-state index contributed by atoms with van der Waals surface area (Å²) in [6.07, 6.45) is 8.54. The standard InChI is InChI=1S/C20H19N5OS/c26-20-18-16(7-11-25(20)15-4-3-8-21-13-15)23-19(27-18)14-5-6-17(22-12-14)24-9-1-2-10-24/h3-6,8,12-13H,1-2,7,9-11H2. The minimum absolute atomic E-state index is 0.00893. The van der Waals surface area contributed by atoms with Gasteiger partial charge in [0.1, 0.15) is 15.7 Å². The van der Waals surface area contributed by atoms with Crippen molar-refractivity contribution in [1.82, 2.24) is 15.0 Å². The molecule has 27 heavy (non-hydrogen) atoms. The smallest absolute Gasteiger partial charge is 0.270 e. The van der Waals surface area contributed by atoms with Crippen molar-refractivity contribution >= 4 is 28.7 Å². The van der Waals surface area contributed by atoms with E-state index in [1.54, 1.807) is 17.3 Å². The van der Waals surface area contributed by atoms with E-state index in [1.807, 2.05) is 18.3 Å². The number of hydrogen-bond donors (Lipinski definition) is 0. The van der Waals surface area contributed by atoms with E-state index in [1.165, 1.54) is 24.2 Å². The molecule has 5 rings (SSSR count). The fourth-order valence-corrected chi connectivity index (χ4v) is 4.71. The predicted molar refractivity (Wildman–Crippen MR) is 106 cm³/mol. The normalized spacial score (nSPS) is 16.7. The first-order valence-corrected chi connectivity index (χ1v) is 10.0. The fraction of sp³-hybridized carbons (Fsp3) is 0.300. The van der Waals surface area contributed by atoms with E-state index in [0.29, 0.717) is 6.54 Å². The first kappa shape index (κ1) is 16.4. The molecule has 0 atom stereocenters. The van der Waals surface area contributed by atoms with Gasteiger partial charge < -0.3 is 9.80 Å². The summed E-state index contributed by atoms with van der Waals surface area (Å²) < 4.78 is 0. The number of thiazole rings is 1. The van der Waals surface area contributed by atoms with Crippen LogP contribution in [0.5, 0.6) is 0 Å². The average molecular weight is 377 g/mol. The Morgan fingerprint density at radius 1 is 1.04 bits per heavy atom. The zero-order valence-electron chi connectivity index (χ0n) is 14.8. The van der Waals surface area contributed by atoms with Crippen LogP contribution in [0, 0.1) is 0 Å². The average Bonchev–Trinajstić information content (AvgIpc) is 3.40. The van der Waals surface area contributed by atoms with Crippen LogP contribution in [0.3, 0.4) is 0 Å². The maximum atomic E-state index is 12.9. The summed E-state index contributed by atoms with van der Waals surface area (Å²) in [6, 6.07) is 7.89. The second-order valence-electron chi connectivity index (χ2n) is 6.81. The Hall–Kier alpha value is -2.80. The highest BCUT2D eigenvalue weighted by Gasteiger charge is 2.29. The molecular formula is C20H19N5OS. The minimum Gasteiger partial charge on any atom is -0.357 e. The maximum absolute atomic E-state index is 12.9. The van der Waals surface area contributed by atoms with Crippen LogP contribution < -0.4 is 9.80 Å². The molecule has 1 saturated heterocycles. The van der Waals surface area contributed by atoms with Crippen LogP contribution in [-0.2, 0) is 6.42 Å². The van der Waals surface area contributed by atoms with Gasteiger partial charge in [-0.2, -0.15) is 0 Å². The Balaban J connectivity index is 1.41. The first-order valence-electron chi connectivity index (χ1n) is 9.22. The molecule has 6 nitrogen and oxygen atoms in total. The topological polar surface area (TPSA) is 62.2 Å². The Morgan fingerprint density at radius 3 is 2.67 bits per heavy atom. The van der Waals surface area contributed by atoms with Crippen LogP contribution in [-0.4, -0.2) is 40.5 Å². The van der Waals surface area contributed by atoms with Crippen molar-refractivity contribution in [2.45, 2.75) is 19.3 Å². The molecular weight excluding hydrogens is 358 g/mol. The third-order valence-electron chi connectivity index (χ3n) is 5.09. The van der Waals surface area contributed by atoms with Crippen molar-refractivity contribution in [3.05, 3.63) is 53.4 Å². The number of hydrogen-bond acceptors (Lipinski definition) is 6. The third-order valence-corrected chi connectivity index (χ3v) is 6.23. The van der Waals surface area contributed by atoms with Gasteiger partial charge in [-0.1, -0.05) is 0 Å². The fourth-order valence-electron chi connectivity index (χ4n) is 3.66. The summed E-state index contributed by atoms with van der Waals surface area (Å²) >= 11 is 1.46. The number of aromatic nitrogens is 3. The SMILES string of the molecule is O=C1c2sc(-c3ccc(N4CCCC4)nc3)nc2CCN1c1cccnc1. The van der Waals surface area contributed by atoms with Crippen LogP contribution in [0.2, 0.25) is 0 Å². The highest BCUT2D eigenvalue weighted by molar-refractivity contribution is 7.17. The second-order valence-corrected chi connectivity index (χ2v) is 7.81. The van der Waals surface area contributed by atoms with Crippen LogP contribution in [0.15, 0.2) is 42.9 Å². The lowest BCUT2D eigenvalue weighted by Gasteiger charge is -2.25. The monoisotopic (exact) mass is 377 g/mol. The molecule has 0 radical (unpaired) electrons. The summed E-state index contributed by atoms with van der Waals surface area (Å²) in [5.41, 5.74) is 2.70. The first-order chi connectivity index (χ1) is 13.3. The molecule has 136 valence electrons. The number of rotatable bonds is 3. The Bertz CT molecular complexity index is 964. The van der Waals surface area contributed by atoms with Crippen LogP contribution >= 0.6 is 11.3 Å². The van der Waals surface area contributed by atoms with Crippen LogP contribution in [0.1, 0.15) is 28.2 Å². The Labute approximate surface area is 161 Å². The summed E-state index contributed by atoms with van der Waals surface area (Å²) in [5, 5.41) is 0.863. The summed E-state index contributed by atoms with van der Waals surface area (Å²) in [7, 11) is 0. The number of pyridine rings is 2. The van der Waals surface area contributed by atoms with Gasteiger partial charge in [-0.05, 0) is 37.1 Å². The van der Waals surface area contributed by atoms with Crippen molar-refractivity contribution in [2.24, 2.45) is 0 Å². The summed E-state index contributed by atoms with van der Waals surface area (Å²) in [6.45, 7) is 2.79. The summed E-state index contributed by atoms with van der Waals surface area (Å²) in [4.78, 5) is 31.2. The molecule has 7 heteroatoms. The van der Waals surface area contributed by atoms with Gasteiger partial charge in [0.2, 0.25) is 0 Å². The van der Waals surface area contributed by atoms with Gasteiger partial charge >= 0.3 is 0 Å². The predicted octanol–water partition coefficient (Wildman–Crippen LogP) is 3.40. The third kappa shape index (κ3) is 2.98. The molecule has 3 aromatic rings. The lowest BCUT2D eigenvalue weighted by Crippen LogP contribution is -2.36. The highest BCUT2D eigenvalue weighted by atomic mass is 32.1. The van der Waals surface area contributed by atoms with E-state index in [9.17, 15) is 4.79 Å². The Kier molecular flexibility index (Phi) is 4.09. The van der Waals surface area contributed by atoms with Crippen molar-refractivity contribution in [2.75, 3.05) is 29.4 Å². The number of fused-ring (bicyclic) bond motifs is 1. The maximum Gasteiger partial charge on any atom is 0.270 e. The van der Waals surface area contributed by atoms with Crippen molar-refractivity contribution in [3.63, 3.8) is 0 Å². The van der Waals surface area contributed by atoms with Gasteiger partial charge in [0, 0.05) is 44.0 Å². The molecule has 0 saturated carbocycles. The summed E-state index contributed by atoms with van der Waals surface area (Å²) in [5.74, 6) is 1.03. The van der Waals surface area contributed by atoms with Crippen molar-refractivity contribution < 1.29 is 4.79 Å². The molecule has 5 heterocycles. The number of carbonyl (C=O) groups is 1. The molecule has 0 aliphatic carbocycles. The molecule has 2 aliphatic heterocycles. The molecule has 0 bridgehead atoms. The minimum atomic E-state index is 0.00893. The van der Waals surface area contributed by atoms with E-state index >= 15 is 0 Å². The van der Waals surface area contributed by atoms with Gasteiger partial charge in [0.05, 0.1) is 17.6 Å². The number of carbonyl (C=O) groups excluding carboxylic acids is 1. The van der Waals surface area contributed by atoms with Gasteiger partial charge in [-0.25, -0.2) is 9.97 Å². The molecule has 0 N–H and O–H groups in total. The largest absolute Gasteiger partial charge is 0.357 e. The van der Waals surface area contributed by atoms with E-state index in [4.69, 9.17) is 4.98 Å². The Morgan fingerprint density at radius 2 is 1.93 bits per heavy atom. The van der Waals surface area contributed by atoms with Crippen LogP contribution in [0.25, 0.3) is 10.6 Å².